The molecule has 3 aliphatic rings. The van der Waals surface area contributed by atoms with E-state index in [1.54, 1.807) is 0 Å². The zero-order valence-corrected chi connectivity index (χ0v) is 28.6. The summed E-state index contributed by atoms with van der Waals surface area (Å²) in [5.41, 5.74) is 12.2. The number of rotatable bonds is 5. The lowest BCUT2D eigenvalue weighted by Crippen LogP contribution is -2.58. The number of halogens is 2. The van der Waals surface area contributed by atoms with Crippen molar-refractivity contribution in [3.63, 3.8) is 0 Å². The van der Waals surface area contributed by atoms with Gasteiger partial charge >= 0.3 is 18.0 Å². The van der Waals surface area contributed by atoms with Gasteiger partial charge in [0, 0.05) is 27.7 Å². The minimum atomic E-state index is -1.38. The van der Waals surface area contributed by atoms with Crippen LogP contribution < -0.4 is 11.1 Å². The number of nitrogens with two attached hydrogens (primary N) is 1. The van der Waals surface area contributed by atoms with Crippen LogP contribution in [0.15, 0.2) is 93.9 Å². The molecule has 0 spiro atoms. The zero-order valence-electron chi connectivity index (χ0n) is 25.5. The summed E-state index contributed by atoms with van der Waals surface area (Å²) in [5, 5.41) is 21.7. The maximum Gasteiger partial charge on any atom is 0.408 e. The molecule has 0 radical (unpaired) electrons. The van der Waals surface area contributed by atoms with Crippen molar-refractivity contribution in [3.05, 3.63) is 127 Å². The second-order valence-electron chi connectivity index (χ2n) is 12.4. The predicted octanol–water partition coefficient (Wildman–Crippen LogP) is 7.02. The van der Waals surface area contributed by atoms with E-state index in [-0.39, 0.29) is 18.9 Å². The summed E-state index contributed by atoms with van der Waals surface area (Å²) in [6, 6.07) is 27.8. The van der Waals surface area contributed by atoms with E-state index in [1.807, 2.05) is 60.7 Å². The van der Waals surface area contributed by atoms with Crippen LogP contribution in [0.1, 0.15) is 52.1 Å². The van der Waals surface area contributed by atoms with Gasteiger partial charge in [-0.2, -0.15) is 0 Å². The highest BCUT2D eigenvalue weighted by Crippen LogP contribution is 2.44. The first-order valence-electron chi connectivity index (χ1n) is 15.4. The second kappa shape index (κ2) is 13.3. The Morgan fingerprint density at radius 3 is 1.83 bits per heavy atom. The average molecular weight is 762 g/mol. The van der Waals surface area contributed by atoms with Crippen LogP contribution >= 0.6 is 31.9 Å². The maximum atomic E-state index is 12.8. The Kier molecular flexibility index (Phi) is 9.29. The minimum absolute atomic E-state index is 0.0723. The van der Waals surface area contributed by atoms with Crippen LogP contribution in [0.3, 0.4) is 0 Å². The molecule has 3 aliphatic carbocycles. The summed E-state index contributed by atoms with van der Waals surface area (Å²) in [7, 11) is 0. The van der Waals surface area contributed by atoms with Crippen molar-refractivity contribution in [2.75, 3.05) is 6.61 Å². The molecule has 10 heteroatoms. The summed E-state index contributed by atoms with van der Waals surface area (Å²) in [5.74, 6) is -2.03. The molecule has 8 nitrogen and oxygen atoms in total. The van der Waals surface area contributed by atoms with E-state index in [0.29, 0.717) is 25.7 Å². The molecule has 4 aromatic carbocycles. The SMILES string of the molecule is NC1(C(=O)O)CCc2c(Br)cccc2C1.O=C(NC1(C(=O)O)CCc2c(Br)cccc2C1)OCC1c2ccccc2-c2ccccc21. The number of nitrogens with one attached hydrogen (secondary N) is 1. The van der Waals surface area contributed by atoms with Crippen LogP contribution in [0.5, 0.6) is 0 Å². The number of carboxylic acids is 2. The average Bonchev–Trinajstić information content (AvgIpc) is 3.37. The Morgan fingerprint density at radius 2 is 1.28 bits per heavy atom. The Bertz CT molecular complexity index is 1830. The number of amides is 1. The summed E-state index contributed by atoms with van der Waals surface area (Å²) >= 11 is 7.01. The molecule has 7 rings (SSSR count). The normalized spacial score (nSPS) is 20.7. The topological polar surface area (TPSA) is 139 Å². The third-order valence-corrected chi connectivity index (χ3v) is 11.1. The Morgan fingerprint density at radius 1 is 0.745 bits per heavy atom. The van der Waals surface area contributed by atoms with Crippen molar-refractivity contribution < 1.29 is 29.3 Å². The summed E-state index contributed by atoms with van der Waals surface area (Å²) < 4.78 is 7.62. The van der Waals surface area contributed by atoms with Crippen LogP contribution in [-0.4, -0.2) is 45.9 Å². The molecule has 0 aromatic heterocycles. The molecule has 2 unspecified atom stereocenters. The number of benzene rings is 4. The van der Waals surface area contributed by atoms with E-state index < -0.39 is 29.1 Å². The number of carbonyl (C=O) groups is 3. The van der Waals surface area contributed by atoms with Gasteiger partial charge in [0.05, 0.1) is 0 Å². The van der Waals surface area contributed by atoms with Crippen molar-refractivity contribution >= 4 is 49.9 Å². The van der Waals surface area contributed by atoms with E-state index in [2.05, 4.69) is 61.4 Å². The molecule has 1 amide bonds. The first-order valence-corrected chi connectivity index (χ1v) is 17.0. The Balaban J connectivity index is 0.000000215. The molecule has 0 saturated heterocycles. The van der Waals surface area contributed by atoms with E-state index in [1.165, 1.54) is 5.56 Å². The van der Waals surface area contributed by atoms with Crippen molar-refractivity contribution in [2.24, 2.45) is 5.73 Å². The van der Waals surface area contributed by atoms with E-state index >= 15 is 0 Å². The third-order valence-electron chi connectivity index (χ3n) is 9.57. The van der Waals surface area contributed by atoms with Crippen LogP contribution in [0.2, 0.25) is 0 Å². The van der Waals surface area contributed by atoms with Gasteiger partial charge in [-0.15, -0.1) is 0 Å². The van der Waals surface area contributed by atoms with Crippen LogP contribution in [-0.2, 0) is 40.0 Å². The number of carboxylic acid groups (broad SMARTS) is 2. The lowest BCUT2D eigenvalue weighted by molar-refractivity contribution is -0.145. The molecule has 47 heavy (non-hydrogen) atoms. The number of ether oxygens (including phenoxy) is 1. The fraction of sp³-hybridized carbons (Fsp3) is 0.270. The number of hydrogen-bond donors (Lipinski definition) is 4. The molecule has 0 bridgehead atoms. The molecule has 2 atom stereocenters. The highest BCUT2D eigenvalue weighted by atomic mass is 79.9. The highest BCUT2D eigenvalue weighted by molar-refractivity contribution is 9.10. The number of aliphatic carboxylic acids is 2. The van der Waals surface area contributed by atoms with Gasteiger partial charge < -0.3 is 26.0 Å². The Hall–Kier alpha value is -3.99. The van der Waals surface area contributed by atoms with Crippen LogP contribution in [0, 0.1) is 0 Å². The van der Waals surface area contributed by atoms with Gasteiger partial charge in [0.2, 0.25) is 0 Å². The summed E-state index contributed by atoms with van der Waals surface area (Å²) in [4.78, 5) is 36.0. The van der Waals surface area contributed by atoms with Crippen LogP contribution in [0.25, 0.3) is 11.1 Å². The van der Waals surface area contributed by atoms with Gasteiger partial charge in [-0.1, -0.05) is 105 Å². The van der Waals surface area contributed by atoms with E-state index in [9.17, 15) is 19.5 Å². The molecule has 4 aromatic rings. The fourth-order valence-electron chi connectivity index (χ4n) is 6.98. The zero-order chi connectivity index (χ0) is 33.3. The molecule has 0 fully saturated rings. The monoisotopic (exact) mass is 760 g/mol. The molecule has 0 saturated carbocycles. The van der Waals surface area contributed by atoms with Crippen molar-refractivity contribution in [2.45, 2.75) is 55.5 Å². The van der Waals surface area contributed by atoms with Gasteiger partial charge in [0.25, 0.3) is 0 Å². The maximum absolute atomic E-state index is 12.8. The van der Waals surface area contributed by atoms with Crippen LogP contribution in [0.4, 0.5) is 4.79 Å². The number of alkyl carbamates (subject to hydrolysis) is 1. The van der Waals surface area contributed by atoms with E-state index in [0.717, 1.165) is 54.3 Å². The molecule has 242 valence electrons. The molecule has 5 N–H and O–H groups in total. The highest BCUT2D eigenvalue weighted by Gasteiger charge is 2.44. The quantitative estimate of drug-likeness (QED) is 0.172. The first-order chi connectivity index (χ1) is 22.5. The standard InChI is InChI=1S/C26H22BrNO4.C11H12BrNO2/c27-23-11-5-6-16-14-26(24(29)30,13-12-17(16)23)28-25(31)32-15-22-20-9-3-1-7-18(20)19-8-2-4-10-21(19)22;12-9-3-1-2-7-6-11(13,10(14)15)5-4-8(7)9/h1-11,22H,12-15H2,(H,28,31)(H,29,30);1-3H,4-6,13H2,(H,14,15). The number of carbonyl (C=O) groups excluding carboxylic acids is 1. The lowest BCUT2D eigenvalue weighted by atomic mass is 9.78. The second-order valence-corrected chi connectivity index (χ2v) is 14.1. The predicted molar refractivity (Wildman–Crippen MR) is 185 cm³/mol. The fourth-order valence-corrected chi connectivity index (χ4v) is 8.19. The molecule has 0 aliphatic heterocycles. The van der Waals surface area contributed by atoms with Gasteiger partial charge in [-0.3, -0.25) is 4.79 Å². The van der Waals surface area contributed by atoms with Gasteiger partial charge in [-0.25, -0.2) is 9.59 Å². The smallest absolute Gasteiger partial charge is 0.408 e. The molecule has 0 heterocycles. The van der Waals surface area contributed by atoms with Gasteiger partial charge in [-0.05, 0) is 82.3 Å². The van der Waals surface area contributed by atoms with Gasteiger partial charge in [0.1, 0.15) is 17.7 Å². The van der Waals surface area contributed by atoms with Crippen molar-refractivity contribution in [1.82, 2.24) is 5.32 Å². The molecular formula is C37H34Br2N2O6. The van der Waals surface area contributed by atoms with Crippen molar-refractivity contribution in [1.29, 1.82) is 0 Å². The van der Waals surface area contributed by atoms with Gasteiger partial charge in [0.15, 0.2) is 0 Å². The third kappa shape index (κ3) is 6.46. The first kappa shape index (κ1) is 32.9. The van der Waals surface area contributed by atoms with E-state index in [4.69, 9.17) is 15.6 Å². The number of hydrogen-bond acceptors (Lipinski definition) is 5. The summed E-state index contributed by atoms with van der Waals surface area (Å²) in [6.07, 6.45) is 2.03. The largest absolute Gasteiger partial charge is 0.480 e. The molecular weight excluding hydrogens is 728 g/mol. The Labute approximate surface area is 289 Å². The summed E-state index contributed by atoms with van der Waals surface area (Å²) in [6.45, 7) is 0.150. The minimum Gasteiger partial charge on any atom is -0.480 e. The number of fused-ring (bicyclic) bond motifs is 5. The van der Waals surface area contributed by atoms with Crippen molar-refractivity contribution in [3.8, 4) is 11.1 Å². The lowest BCUT2D eigenvalue weighted by Gasteiger charge is -2.35.